The number of allylic oxidation sites excluding steroid dienone is 2. The number of halogens is 1. The quantitative estimate of drug-likeness (QED) is 0.755. The van der Waals surface area contributed by atoms with Crippen LogP contribution < -0.4 is 9.47 Å². The van der Waals surface area contributed by atoms with Crippen LogP contribution >= 0.6 is 0 Å². The Balaban J connectivity index is 2.60. The lowest BCUT2D eigenvalue weighted by Crippen LogP contribution is -2.08. The van der Waals surface area contributed by atoms with Gasteiger partial charge in [0.1, 0.15) is 5.75 Å². The zero-order chi connectivity index (χ0) is 14.0. The summed E-state index contributed by atoms with van der Waals surface area (Å²) in [5.41, 5.74) is 2.74. The first-order chi connectivity index (χ1) is 9.08. The highest BCUT2D eigenvalue weighted by atomic mass is 19.1. The Labute approximate surface area is 114 Å². The van der Waals surface area contributed by atoms with Gasteiger partial charge in [0.05, 0.1) is 14.2 Å². The van der Waals surface area contributed by atoms with Crippen molar-refractivity contribution < 1.29 is 13.9 Å². The van der Waals surface area contributed by atoms with Gasteiger partial charge >= 0.3 is 0 Å². The van der Waals surface area contributed by atoms with Crippen LogP contribution in [-0.2, 0) is 0 Å². The molecule has 0 aromatic heterocycles. The van der Waals surface area contributed by atoms with Crippen LogP contribution in [0.1, 0.15) is 43.2 Å². The first kappa shape index (κ1) is 13.9. The summed E-state index contributed by atoms with van der Waals surface area (Å²) < 4.78 is 25.0. The van der Waals surface area contributed by atoms with Gasteiger partial charge in [0.2, 0.25) is 0 Å². The van der Waals surface area contributed by atoms with Gasteiger partial charge in [0.15, 0.2) is 11.6 Å². The predicted octanol–water partition coefficient (Wildman–Crippen LogP) is 4.37. The van der Waals surface area contributed by atoms with Crippen molar-refractivity contribution >= 4 is 0 Å². The lowest BCUT2D eigenvalue weighted by atomic mass is 9.84. The van der Waals surface area contributed by atoms with Crippen molar-refractivity contribution in [2.75, 3.05) is 14.2 Å². The topological polar surface area (TPSA) is 18.5 Å². The summed E-state index contributed by atoms with van der Waals surface area (Å²) in [6, 6.07) is 1.75. The maximum absolute atomic E-state index is 14.2. The molecule has 0 fully saturated rings. The van der Waals surface area contributed by atoms with Crippen molar-refractivity contribution in [3.63, 3.8) is 0 Å². The van der Waals surface area contributed by atoms with Gasteiger partial charge < -0.3 is 9.47 Å². The van der Waals surface area contributed by atoms with Gasteiger partial charge in [0, 0.05) is 11.5 Å². The van der Waals surface area contributed by atoms with Crippen molar-refractivity contribution in [3.05, 3.63) is 34.7 Å². The van der Waals surface area contributed by atoms with E-state index in [1.807, 2.05) is 0 Å². The Bertz CT molecular complexity index is 506. The molecule has 0 bridgehead atoms. The minimum Gasteiger partial charge on any atom is -0.496 e. The summed E-state index contributed by atoms with van der Waals surface area (Å²) >= 11 is 0. The summed E-state index contributed by atoms with van der Waals surface area (Å²) in [6.45, 7) is 3.85. The van der Waals surface area contributed by atoms with E-state index in [0.29, 0.717) is 17.1 Å². The van der Waals surface area contributed by atoms with E-state index in [0.717, 1.165) is 24.8 Å². The molecular formula is C16H21FO2. The molecule has 1 aromatic rings. The molecule has 0 saturated heterocycles. The highest BCUT2D eigenvalue weighted by Crippen LogP contribution is 2.43. The molecule has 3 heteroatoms. The van der Waals surface area contributed by atoms with Crippen LogP contribution in [0.2, 0.25) is 0 Å². The molecule has 1 aromatic carbocycles. The molecule has 0 N–H and O–H groups in total. The van der Waals surface area contributed by atoms with Crippen LogP contribution in [0.3, 0.4) is 0 Å². The first-order valence-electron chi connectivity index (χ1n) is 6.66. The smallest absolute Gasteiger partial charge is 0.168 e. The highest BCUT2D eigenvalue weighted by molar-refractivity contribution is 5.52. The van der Waals surface area contributed by atoms with Gasteiger partial charge in [-0.2, -0.15) is 0 Å². The number of methoxy groups -OCH3 is 2. The summed E-state index contributed by atoms with van der Waals surface area (Å²) in [6.07, 6.45) is 5.45. The highest BCUT2D eigenvalue weighted by Gasteiger charge is 2.25. The second-order valence-corrected chi connectivity index (χ2v) is 5.17. The molecule has 0 amide bonds. The molecular weight excluding hydrogens is 243 g/mol. The molecule has 104 valence electrons. The molecule has 1 aliphatic carbocycles. The lowest BCUT2D eigenvalue weighted by molar-refractivity contribution is 0.359. The fourth-order valence-electron chi connectivity index (χ4n) is 2.81. The fourth-order valence-corrected chi connectivity index (χ4v) is 2.81. The lowest BCUT2D eigenvalue weighted by Gasteiger charge is -2.24. The average molecular weight is 264 g/mol. The second kappa shape index (κ2) is 5.64. The number of aryl methyl sites for hydroxylation is 1. The monoisotopic (exact) mass is 264 g/mol. The van der Waals surface area contributed by atoms with Gasteiger partial charge in [-0.15, -0.1) is 0 Å². The standard InChI is InChI=1S/C16H21FO2/c1-10-6-5-7-12(8-10)14-13(18-3)9-11(2)15(17)16(14)19-4/h8-9,12H,5-7H2,1-4H3. The van der Waals surface area contributed by atoms with Gasteiger partial charge in [-0.1, -0.05) is 11.6 Å². The molecule has 1 aliphatic rings. The third-order valence-corrected chi connectivity index (χ3v) is 3.77. The largest absolute Gasteiger partial charge is 0.496 e. The Morgan fingerprint density at radius 2 is 1.95 bits per heavy atom. The number of benzene rings is 1. The van der Waals surface area contributed by atoms with Crippen LogP contribution in [0.4, 0.5) is 4.39 Å². The second-order valence-electron chi connectivity index (χ2n) is 5.17. The first-order valence-corrected chi connectivity index (χ1v) is 6.66. The molecule has 1 atom stereocenters. The van der Waals surface area contributed by atoms with E-state index in [2.05, 4.69) is 13.0 Å². The Kier molecular flexibility index (Phi) is 4.13. The maximum atomic E-state index is 14.2. The third kappa shape index (κ3) is 2.60. The van der Waals surface area contributed by atoms with E-state index in [1.54, 1.807) is 20.1 Å². The summed E-state index contributed by atoms with van der Waals surface area (Å²) in [4.78, 5) is 0. The molecule has 2 nitrogen and oxygen atoms in total. The normalized spacial score (nSPS) is 19.0. The Morgan fingerprint density at radius 1 is 1.21 bits per heavy atom. The zero-order valence-electron chi connectivity index (χ0n) is 12.0. The minimum absolute atomic E-state index is 0.175. The van der Waals surface area contributed by atoms with Gasteiger partial charge in [-0.3, -0.25) is 0 Å². The van der Waals surface area contributed by atoms with E-state index in [9.17, 15) is 4.39 Å². The van der Waals surface area contributed by atoms with E-state index >= 15 is 0 Å². The third-order valence-electron chi connectivity index (χ3n) is 3.77. The molecule has 1 unspecified atom stereocenters. The van der Waals surface area contributed by atoms with Crippen molar-refractivity contribution in [1.82, 2.24) is 0 Å². The SMILES string of the molecule is COc1cc(C)c(F)c(OC)c1C1C=C(C)CCC1. The zero-order valence-corrected chi connectivity index (χ0v) is 12.0. The fraction of sp³-hybridized carbons (Fsp3) is 0.500. The van der Waals surface area contributed by atoms with Crippen molar-refractivity contribution in [1.29, 1.82) is 0 Å². The van der Waals surface area contributed by atoms with Gasteiger partial charge in [-0.05, 0) is 44.7 Å². The number of ether oxygens (including phenoxy) is 2. The van der Waals surface area contributed by atoms with Gasteiger partial charge in [-0.25, -0.2) is 4.39 Å². The number of rotatable bonds is 3. The Morgan fingerprint density at radius 3 is 2.53 bits per heavy atom. The minimum atomic E-state index is -0.282. The van der Waals surface area contributed by atoms with E-state index in [4.69, 9.17) is 9.47 Å². The van der Waals surface area contributed by atoms with Crippen LogP contribution in [0, 0.1) is 12.7 Å². The van der Waals surface area contributed by atoms with Crippen LogP contribution in [0.15, 0.2) is 17.7 Å². The van der Waals surface area contributed by atoms with Gasteiger partial charge in [0.25, 0.3) is 0 Å². The van der Waals surface area contributed by atoms with E-state index in [1.165, 1.54) is 12.7 Å². The van der Waals surface area contributed by atoms with E-state index < -0.39 is 0 Å². The molecule has 0 radical (unpaired) electrons. The molecule has 0 heterocycles. The summed E-state index contributed by atoms with van der Waals surface area (Å²) in [7, 11) is 3.13. The predicted molar refractivity (Wildman–Crippen MR) is 74.6 cm³/mol. The van der Waals surface area contributed by atoms with Crippen molar-refractivity contribution in [3.8, 4) is 11.5 Å². The maximum Gasteiger partial charge on any atom is 0.168 e. The van der Waals surface area contributed by atoms with Crippen molar-refractivity contribution in [2.45, 2.75) is 39.0 Å². The average Bonchev–Trinajstić information content (AvgIpc) is 2.41. The number of hydrogen-bond acceptors (Lipinski definition) is 2. The molecule has 0 saturated carbocycles. The molecule has 0 spiro atoms. The number of hydrogen-bond donors (Lipinski definition) is 0. The van der Waals surface area contributed by atoms with Crippen LogP contribution in [0.5, 0.6) is 11.5 Å². The molecule has 2 rings (SSSR count). The molecule has 0 aliphatic heterocycles. The summed E-state index contributed by atoms with van der Waals surface area (Å²) in [5, 5.41) is 0. The molecule has 19 heavy (non-hydrogen) atoms. The van der Waals surface area contributed by atoms with Crippen LogP contribution in [0.25, 0.3) is 0 Å². The van der Waals surface area contributed by atoms with Crippen molar-refractivity contribution in [2.24, 2.45) is 0 Å². The van der Waals surface area contributed by atoms with E-state index in [-0.39, 0.29) is 11.7 Å². The summed E-state index contributed by atoms with van der Waals surface area (Å²) in [5.74, 6) is 0.933. The van der Waals surface area contributed by atoms with Crippen LogP contribution in [-0.4, -0.2) is 14.2 Å². The Hall–Kier alpha value is -1.51.